The molecule has 0 fully saturated rings. The van der Waals surface area contributed by atoms with E-state index in [0.29, 0.717) is 17.8 Å². The first-order valence-electron chi connectivity index (χ1n) is 4.37. The number of nitrogens with two attached hydrogens (primary N) is 1. The third-order valence-electron chi connectivity index (χ3n) is 2.11. The van der Waals surface area contributed by atoms with Crippen molar-refractivity contribution in [2.75, 3.05) is 6.54 Å². The Morgan fingerprint density at radius 1 is 1.57 bits per heavy atom. The van der Waals surface area contributed by atoms with E-state index in [4.69, 9.17) is 10.8 Å². The lowest BCUT2D eigenvalue weighted by Crippen LogP contribution is -1.98. The van der Waals surface area contributed by atoms with Gasteiger partial charge in [-0.05, 0) is 25.5 Å². The molecule has 1 rings (SSSR count). The predicted molar refractivity (Wildman–Crippen MR) is 55.3 cm³/mol. The van der Waals surface area contributed by atoms with E-state index in [9.17, 15) is 4.79 Å². The Bertz CT molecular complexity index is 378. The number of aromatic amines is 1. The molecule has 1 heterocycles. The molecule has 14 heavy (non-hydrogen) atoms. The van der Waals surface area contributed by atoms with Gasteiger partial charge in [0.05, 0.1) is 5.56 Å². The largest absolute Gasteiger partial charge is 0.478 e. The third kappa shape index (κ3) is 1.85. The zero-order valence-electron chi connectivity index (χ0n) is 8.29. The van der Waals surface area contributed by atoms with Gasteiger partial charge in [0, 0.05) is 17.9 Å². The summed E-state index contributed by atoms with van der Waals surface area (Å²) in [7, 11) is 0. The minimum Gasteiger partial charge on any atom is -0.478 e. The lowest BCUT2D eigenvalue weighted by Gasteiger charge is -1.93. The van der Waals surface area contributed by atoms with Gasteiger partial charge < -0.3 is 15.8 Å². The van der Waals surface area contributed by atoms with E-state index in [1.807, 2.05) is 0 Å². The molecule has 1 aromatic heterocycles. The summed E-state index contributed by atoms with van der Waals surface area (Å²) >= 11 is 0. The highest BCUT2D eigenvalue weighted by molar-refractivity contribution is 5.92. The van der Waals surface area contributed by atoms with Crippen molar-refractivity contribution in [3.63, 3.8) is 0 Å². The van der Waals surface area contributed by atoms with Gasteiger partial charge in [-0.3, -0.25) is 0 Å². The van der Waals surface area contributed by atoms with Gasteiger partial charge in [0.15, 0.2) is 0 Å². The van der Waals surface area contributed by atoms with Crippen LogP contribution in [0.3, 0.4) is 0 Å². The van der Waals surface area contributed by atoms with Crippen molar-refractivity contribution in [1.29, 1.82) is 0 Å². The van der Waals surface area contributed by atoms with E-state index >= 15 is 0 Å². The molecule has 0 spiro atoms. The maximum atomic E-state index is 10.9. The first-order valence-corrected chi connectivity index (χ1v) is 4.37. The molecular weight excluding hydrogens is 180 g/mol. The lowest BCUT2D eigenvalue weighted by atomic mass is 10.1. The minimum atomic E-state index is -0.899. The van der Waals surface area contributed by atoms with Gasteiger partial charge in [0.1, 0.15) is 0 Å². The van der Waals surface area contributed by atoms with E-state index in [1.54, 1.807) is 26.0 Å². The number of aromatic nitrogens is 1. The summed E-state index contributed by atoms with van der Waals surface area (Å²) < 4.78 is 0. The van der Waals surface area contributed by atoms with Gasteiger partial charge in [0.2, 0.25) is 0 Å². The Balaban J connectivity index is 3.17. The van der Waals surface area contributed by atoms with Crippen LogP contribution in [-0.2, 0) is 0 Å². The van der Waals surface area contributed by atoms with Crippen LogP contribution >= 0.6 is 0 Å². The molecule has 0 amide bonds. The normalized spacial score (nSPS) is 11.1. The van der Waals surface area contributed by atoms with Gasteiger partial charge in [-0.15, -0.1) is 0 Å². The van der Waals surface area contributed by atoms with Crippen LogP contribution in [0.25, 0.3) is 6.08 Å². The van der Waals surface area contributed by atoms with Crippen LogP contribution in [0, 0.1) is 13.8 Å². The number of carboxylic acid groups (broad SMARTS) is 1. The van der Waals surface area contributed by atoms with Gasteiger partial charge in [-0.2, -0.15) is 0 Å². The highest BCUT2D eigenvalue weighted by Gasteiger charge is 2.15. The molecule has 0 unspecified atom stereocenters. The van der Waals surface area contributed by atoms with Gasteiger partial charge in [0.25, 0.3) is 0 Å². The number of carboxylic acids is 1. The Labute approximate surface area is 82.4 Å². The predicted octanol–water partition coefficient (Wildman–Crippen LogP) is 1.30. The van der Waals surface area contributed by atoms with E-state index < -0.39 is 5.97 Å². The molecule has 76 valence electrons. The summed E-state index contributed by atoms with van der Waals surface area (Å²) in [5, 5.41) is 8.92. The Morgan fingerprint density at radius 3 is 2.64 bits per heavy atom. The quantitative estimate of drug-likeness (QED) is 0.678. The van der Waals surface area contributed by atoms with Crippen LogP contribution in [-0.4, -0.2) is 22.6 Å². The highest BCUT2D eigenvalue weighted by atomic mass is 16.4. The van der Waals surface area contributed by atoms with Crippen molar-refractivity contribution >= 4 is 12.0 Å². The van der Waals surface area contributed by atoms with Crippen molar-refractivity contribution in [3.05, 3.63) is 28.6 Å². The van der Waals surface area contributed by atoms with E-state index in [0.717, 1.165) is 11.3 Å². The fourth-order valence-corrected chi connectivity index (χ4v) is 1.45. The Morgan fingerprint density at radius 2 is 2.21 bits per heavy atom. The Kier molecular flexibility index (Phi) is 3.09. The number of hydrogen-bond acceptors (Lipinski definition) is 2. The maximum Gasteiger partial charge on any atom is 0.337 e. The number of hydrogen-bond donors (Lipinski definition) is 3. The molecule has 0 saturated carbocycles. The van der Waals surface area contributed by atoms with Crippen LogP contribution in [0.5, 0.6) is 0 Å². The van der Waals surface area contributed by atoms with Gasteiger partial charge in [-0.1, -0.05) is 6.08 Å². The van der Waals surface area contributed by atoms with Crippen molar-refractivity contribution in [2.24, 2.45) is 5.73 Å². The second kappa shape index (κ2) is 4.11. The standard InChI is InChI=1S/C10H14N2O2/c1-6-8(4-3-5-11)12-7(2)9(6)10(13)14/h3-4,12H,5,11H2,1-2H3,(H,13,14). The third-order valence-corrected chi connectivity index (χ3v) is 2.11. The van der Waals surface area contributed by atoms with Crippen molar-refractivity contribution in [2.45, 2.75) is 13.8 Å². The molecule has 0 saturated heterocycles. The summed E-state index contributed by atoms with van der Waals surface area (Å²) in [5.41, 5.74) is 7.90. The molecule has 4 heteroatoms. The van der Waals surface area contributed by atoms with E-state index in [2.05, 4.69) is 4.98 Å². The minimum absolute atomic E-state index is 0.349. The fourth-order valence-electron chi connectivity index (χ4n) is 1.45. The summed E-state index contributed by atoms with van der Waals surface area (Å²) in [6.45, 7) is 3.97. The summed E-state index contributed by atoms with van der Waals surface area (Å²) in [6.07, 6.45) is 3.58. The smallest absolute Gasteiger partial charge is 0.337 e. The lowest BCUT2D eigenvalue weighted by molar-refractivity contribution is 0.0695. The first-order chi connectivity index (χ1) is 6.57. The molecule has 0 bridgehead atoms. The molecule has 0 radical (unpaired) electrons. The Hall–Kier alpha value is -1.55. The van der Waals surface area contributed by atoms with Crippen molar-refractivity contribution in [1.82, 2.24) is 4.98 Å². The van der Waals surface area contributed by atoms with Crippen molar-refractivity contribution < 1.29 is 9.90 Å². The van der Waals surface area contributed by atoms with Crippen LogP contribution in [0.15, 0.2) is 6.08 Å². The summed E-state index contributed by atoms with van der Waals surface area (Å²) in [6, 6.07) is 0. The first kappa shape index (κ1) is 10.5. The van der Waals surface area contributed by atoms with Crippen molar-refractivity contribution in [3.8, 4) is 0 Å². The number of aryl methyl sites for hydroxylation is 1. The number of nitrogens with one attached hydrogen (secondary N) is 1. The molecule has 1 aromatic rings. The van der Waals surface area contributed by atoms with E-state index in [-0.39, 0.29) is 0 Å². The molecule has 4 N–H and O–H groups in total. The second-order valence-corrected chi connectivity index (χ2v) is 3.11. The topological polar surface area (TPSA) is 79.1 Å². The van der Waals surface area contributed by atoms with Gasteiger partial charge in [-0.25, -0.2) is 4.79 Å². The average molecular weight is 194 g/mol. The summed E-state index contributed by atoms with van der Waals surface area (Å²) in [5.74, 6) is -0.899. The highest BCUT2D eigenvalue weighted by Crippen LogP contribution is 2.18. The number of aromatic carboxylic acids is 1. The fraction of sp³-hybridized carbons (Fsp3) is 0.300. The number of rotatable bonds is 3. The SMILES string of the molecule is Cc1[nH]c(C=CCN)c(C)c1C(=O)O. The second-order valence-electron chi connectivity index (χ2n) is 3.11. The zero-order valence-corrected chi connectivity index (χ0v) is 8.29. The zero-order chi connectivity index (χ0) is 10.7. The van der Waals surface area contributed by atoms with Crippen LogP contribution in [0.1, 0.15) is 27.3 Å². The molecule has 0 aromatic carbocycles. The molecular formula is C10H14N2O2. The van der Waals surface area contributed by atoms with Gasteiger partial charge >= 0.3 is 5.97 Å². The number of carbonyl (C=O) groups is 1. The number of H-pyrrole nitrogens is 1. The van der Waals surface area contributed by atoms with E-state index in [1.165, 1.54) is 0 Å². The average Bonchev–Trinajstić information content (AvgIpc) is 2.38. The summed E-state index contributed by atoms with van der Waals surface area (Å²) in [4.78, 5) is 13.9. The monoisotopic (exact) mass is 194 g/mol. The van der Waals surface area contributed by atoms with Crippen LogP contribution in [0.4, 0.5) is 0 Å². The molecule has 4 nitrogen and oxygen atoms in total. The van der Waals surface area contributed by atoms with Crippen LogP contribution in [0.2, 0.25) is 0 Å². The molecule has 0 atom stereocenters. The molecule has 0 aliphatic rings. The molecule has 0 aliphatic heterocycles. The van der Waals surface area contributed by atoms with Crippen LogP contribution < -0.4 is 5.73 Å². The maximum absolute atomic E-state index is 10.9. The molecule has 0 aliphatic carbocycles.